The predicted molar refractivity (Wildman–Crippen MR) is 69.8 cm³/mol. The van der Waals surface area contributed by atoms with Crippen LogP contribution < -0.4 is 5.32 Å². The second kappa shape index (κ2) is 6.36. The lowest BCUT2D eigenvalue weighted by Gasteiger charge is -2.17. The van der Waals surface area contributed by atoms with Crippen LogP contribution in [-0.4, -0.2) is 6.54 Å². The van der Waals surface area contributed by atoms with E-state index in [1.165, 1.54) is 12.1 Å². The van der Waals surface area contributed by atoms with E-state index in [0.29, 0.717) is 0 Å². The third-order valence-corrected chi connectivity index (χ3v) is 2.94. The van der Waals surface area contributed by atoms with Crippen molar-refractivity contribution in [1.82, 2.24) is 5.32 Å². The summed E-state index contributed by atoms with van der Waals surface area (Å²) in [7, 11) is 0. The van der Waals surface area contributed by atoms with E-state index in [4.69, 9.17) is 4.42 Å². The first-order valence-electron chi connectivity index (χ1n) is 6.29. The summed E-state index contributed by atoms with van der Waals surface area (Å²) >= 11 is 0. The summed E-state index contributed by atoms with van der Waals surface area (Å²) < 4.78 is 18.0. The first kappa shape index (κ1) is 12.8. The highest BCUT2D eigenvalue weighted by molar-refractivity contribution is 5.21. The van der Waals surface area contributed by atoms with Gasteiger partial charge in [0.15, 0.2) is 0 Å². The fraction of sp³-hybridized carbons (Fsp3) is 0.333. The Balaban J connectivity index is 2.07. The minimum absolute atomic E-state index is 0.194. The molecule has 0 aliphatic rings. The predicted octanol–water partition coefficient (Wildman–Crippen LogP) is 3.70. The number of benzene rings is 1. The molecule has 0 aliphatic heterocycles. The summed E-state index contributed by atoms with van der Waals surface area (Å²) in [6.07, 6.45) is 5.36. The Kier molecular flexibility index (Phi) is 4.53. The molecule has 0 radical (unpaired) electrons. The highest BCUT2D eigenvalue weighted by Crippen LogP contribution is 2.19. The minimum atomic E-state index is -0.194. The first-order chi connectivity index (χ1) is 8.79. The molecule has 96 valence electrons. The van der Waals surface area contributed by atoms with Crippen molar-refractivity contribution in [3.05, 3.63) is 59.8 Å². The molecule has 1 atom stereocenters. The fourth-order valence-electron chi connectivity index (χ4n) is 1.96. The molecule has 1 unspecified atom stereocenters. The molecule has 1 aromatic carbocycles. The first-order valence-corrected chi connectivity index (χ1v) is 6.29. The number of nitrogens with one attached hydrogen (secondary N) is 1. The molecule has 0 bridgehead atoms. The van der Waals surface area contributed by atoms with Crippen LogP contribution >= 0.6 is 0 Å². The van der Waals surface area contributed by atoms with E-state index in [1.54, 1.807) is 12.5 Å². The second-order valence-electron chi connectivity index (χ2n) is 4.39. The van der Waals surface area contributed by atoms with Gasteiger partial charge in [-0.05, 0) is 43.1 Å². The zero-order chi connectivity index (χ0) is 12.8. The van der Waals surface area contributed by atoms with Crippen molar-refractivity contribution >= 4 is 0 Å². The fourth-order valence-corrected chi connectivity index (χ4v) is 1.96. The van der Waals surface area contributed by atoms with Gasteiger partial charge in [0, 0.05) is 11.6 Å². The molecule has 0 saturated carbocycles. The Morgan fingerprint density at radius 3 is 2.61 bits per heavy atom. The molecule has 2 aromatic rings. The molecule has 2 nitrogen and oxygen atoms in total. The maximum Gasteiger partial charge on any atom is 0.123 e. The van der Waals surface area contributed by atoms with Gasteiger partial charge >= 0.3 is 0 Å². The molecule has 0 amide bonds. The van der Waals surface area contributed by atoms with Crippen LogP contribution in [-0.2, 0) is 6.42 Å². The maximum absolute atomic E-state index is 12.9. The molecule has 2 rings (SSSR count). The van der Waals surface area contributed by atoms with Crippen LogP contribution in [0.4, 0.5) is 4.39 Å². The second-order valence-corrected chi connectivity index (χ2v) is 4.39. The van der Waals surface area contributed by atoms with Crippen molar-refractivity contribution in [1.29, 1.82) is 0 Å². The van der Waals surface area contributed by atoms with Crippen molar-refractivity contribution < 1.29 is 8.81 Å². The Labute approximate surface area is 107 Å². The van der Waals surface area contributed by atoms with Gasteiger partial charge < -0.3 is 9.73 Å². The zero-order valence-corrected chi connectivity index (χ0v) is 10.5. The minimum Gasteiger partial charge on any atom is -0.472 e. The lowest BCUT2D eigenvalue weighted by atomic mass is 10.0. The number of hydrogen-bond donors (Lipinski definition) is 1. The van der Waals surface area contributed by atoms with E-state index >= 15 is 0 Å². The standard InChI is InChI=1S/C15H18FNO/c1-2-8-17-15(13-7-9-18-11-13)10-12-3-5-14(16)6-4-12/h3-7,9,11,15,17H,2,8,10H2,1H3. The summed E-state index contributed by atoms with van der Waals surface area (Å²) in [4.78, 5) is 0. The SMILES string of the molecule is CCCNC(Cc1ccc(F)cc1)c1ccoc1. The van der Waals surface area contributed by atoms with Crippen molar-refractivity contribution in [2.24, 2.45) is 0 Å². The molecule has 18 heavy (non-hydrogen) atoms. The smallest absolute Gasteiger partial charge is 0.123 e. The van der Waals surface area contributed by atoms with E-state index < -0.39 is 0 Å². The molecule has 0 aliphatic carbocycles. The van der Waals surface area contributed by atoms with Crippen molar-refractivity contribution in [3.63, 3.8) is 0 Å². The Bertz CT molecular complexity index is 450. The van der Waals surface area contributed by atoms with Gasteiger partial charge in [-0.25, -0.2) is 4.39 Å². The van der Waals surface area contributed by atoms with E-state index in [9.17, 15) is 4.39 Å². The number of hydrogen-bond acceptors (Lipinski definition) is 2. The molecular weight excluding hydrogens is 229 g/mol. The Hall–Kier alpha value is -1.61. The van der Waals surface area contributed by atoms with E-state index in [1.807, 2.05) is 18.2 Å². The normalized spacial score (nSPS) is 12.6. The third-order valence-electron chi connectivity index (χ3n) is 2.94. The van der Waals surface area contributed by atoms with Gasteiger partial charge in [0.2, 0.25) is 0 Å². The molecule has 0 fully saturated rings. The largest absolute Gasteiger partial charge is 0.472 e. The lowest BCUT2D eigenvalue weighted by molar-refractivity contribution is 0.512. The van der Waals surface area contributed by atoms with Crippen LogP contribution in [0, 0.1) is 5.82 Å². The molecule has 1 N–H and O–H groups in total. The molecule has 3 heteroatoms. The topological polar surface area (TPSA) is 25.2 Å². The van der Waals surface area contributed by atoms with Gasteiger partial charge in [-0.3, -0.25) is 0 Å². The molecule has 1 aromatic heterocycles. The average Bonchev–Trinajstić information content (AvgIpc) is 2.90. The monoisotopic (exact) mass is 247 g/mol. The van der Waals surface area contributed by atoms with Gasteiger partial charge in [0.1, 0.15) is 5.82 Å². The van der Waals surface area contributed by atoms with Crippen LogP contribution in [0.3, 0.4) is 0 Å². The highest BCUT2D eigenvalue weighted by Gasteiger charge is 2.12. The summed E-state index contributed by atoms with van der Waals surface area (Å²) in [5.74, 6) is -0.194. The Morgan fingerprint density at radius 1 is 1.22 bits per heavy atom. The van der Waals surface area contributed by atoms with Gasteiger partial charge in [0.25, 0.3) is 0 Å². The van der Waals surface area contributed by atoms with Gasteiger partial charge in [0.05, 0.1) is 12.5 Å². The van der Waals surface area contributed by atoms with Crippen molar-refractivity contribution in [3.8, 4) is 0 Å². The molecule has 0 spiro atoms. The summed E-state index contributed by atoms with van der Waals surface area (Å²) in [6, 6.07) is 8.85. The van der Waals surface area contributed by atoms with E-state index in [-0.39, 0.29) is 11.9 Å². The van der Waals surface area contributed by atoms with E-state index in [2.05, 4.69) is 12.2 Å². The van der Waals surface area contributed by atoms with Gasteiger partial charge in [-0.15, -0.1) is 0 Å². The van der Waals surface area contributed by atoms with Crippen LogP contribution in [0.1, 0.15) is 30.5 Å². The van der Waals surface area contributed by atoms with Crippen molar-refractivity contribution in [2.75, 3.05) is 6.54 Å². The quantitative estimate of drug-likeness (QED) is 0.842. The number of furan rings is 1. The maximum atomic E-state index is 12.9. The molecular formula is C15H18FNO. The number of rotatable bonds is 6. The van der Waals surface area contributed by atoms with Gasteiger partial charge in [-0.2, -0.15) is 0 Å². The van der Waals surface area contributed by atoms with Crippen LogP contribution in [0.15, 0.2) is 47.3 Å². The van der Waals surface area contributed by atoms with E-state index in [0.717, 1.165) is 30.5 Å². The summed E-state index contributed by atoms with van der Waals surface area (Å²) in [6.45, 7) is 3.09. The summed E-state index contributed by atoms with van der Waals surface area (Å²) in [5.41, 5.74) is 2.25. The van der Waals surface area contributed by atoms with Crippen molar-refractivity contribution in [2.45, 2.75) is 25.8 Å². The number of halogens is 1. The van der Waals surface area contributed by atoms with Gasteiger partial charge in [-0.1, -0.05) is 19.1 Å². The Morgan fingerprint density at radius 2 is 2.00 bits per heavy atom. The third kappa shape index (κ3) is 3.44. The van der Waals surface area contributed by atoms with Crippen LogP contribution in [0.5, 0.6) is 0 Å². The van der Waals surface area contributed by atoms with Crippen LogP contribution in [0.25, 0.3) is 0 Å². The summed E-state index contributed by atoms with van der Waals surface area (Å²) in [5, 5.41) is 3.48. The average molecular weight is 247 g/mol. The lowest BCUT2D eigenvalue weighted by Crippen LogP contribution is -2.23. The highest BCUT2D eigenvalue weighted by atomic mass is 19.1. The molecule has 1 heterocycles. The zero-order valence-electron chi connectivity index (χ0n) is 10.5. The molecule has 0 saturated heterocycles. The van der Waals surface area contributed by atoms with Crippen LogP contribution in [0.2, 0.25) is 0 Å².